The zero-order valence-electron chi connectivity index (χ0n) is 25.0. The quantitative estimate of drug-likeness (QED) is 0.0963. The number of nitro benzene ring substituents is 2. The predicted octanol–water partition coefficient (Wildman–Crippen LogP) is 7.64. The molecule has 0 radical (unpaired) electrons. The van der Waals surface area contributed by atoms with Crippen LogP contribution in [-0.4, -0.2) is 31.6 Å². The van der Waals surface area contributed by atoms with Crippen LogP contribution in [0.5, 0.6) is 5.75 Å². The maximum atomic E-state index is 11.4. The number of pyridine rings is 1. The lowest BCUT2D eigenvalue weighted by Gasteiger charge is -2.28. The summed E-state index contributed by atoms with van der Waals surface area (Å²) in [7, 11) is 1.50. The molecule has 11 nitrogen and oxygen atoms in total. The highest BCUT2D eigenvalue weighted by molar-refractivity contribution is 7.99. The van der Waals surface area contributed by atoms with E-state index < -0.39 is 9.85 Å². The van der Waals surface area contributed by atoms with Crippen molar-refractivity contribution in [1.29, 1.82) is 0 Å². The number of benzene rings is 3. The summed E-state index contributed by atoms with van der Waals surface area (Å²) in [5.74, 6) is 0.391. The van der Waals surface area contributed by atoms with Crippen molar-refractivity contribution in [2.24, 2.45) is 0 Å². The number of rotatable bonds is 9. The topological polar surface area (TPSA) is 129 Å². The molecule has 0 bridgehead atoms. The highest BCUT2D eigenvalue weighted by Crippen LogP contribution is 2.45. The summed E-state index contributed by atoms with van der Waals surface area (Å²) in [4.78, 5) is 30.2. The van der Waals surface area contributed by atoms with Crippen molar-refractivity contribution in [1.82, 2.24) is 14.9 Å². The van der Waals surface area contributed by atoms with Gasteiger partial charge in [-0.1, -0.05) is 17.8 Å². The van der Waals surface area contributed by atoms with Gasteiger partial charge in [0, 0.05) is 51.3 Å². The molecule has 3 aromatic carbocycles. The third kappa shape index (κ3) is 5.77. The molecule has 13 heteroatoms. The normalized spacial score (nSPS) is 15.9. The van der Waals surface area contributed by atoms with E-state index in [0.29, 0.717) is 16.5 Å². The summed E-state index contributed by atoms with van der Waals surface area (Å²) in [6.07, 6.45) is 1.76. The molecule has 1 N–H and O–H groups in total. The van der Waals surface area contributed by atoms with Gasteiger partial charge in [0.25, 0.3) is 11.4 Å². The smallest absolute Gasteiger partial charge is 0.273 e. The Balaban J connectivity index is 1.39. The van der Waals surface area contributed by atoms with E-state index in [9.17, 15) is 20.2 Å². The number of ether oxygens (including phenoxy) is 1. The number of nitro groups is 2. The van der Waals surface area contributed by atoms with E-state index in [1.54, 1.807) is 24.4 Å². The summed E-state index contributed by atoms with van der Waals surface area (Å²) in [5.41, 5.74) is 5.26. The van der Waals surface area contributed by atoms with E-state index in [-0.39, 0.29) is 23.5 Å². The predicted molar refractivity (Wildman–Crippen MR) is 180 cm³/mol. The van der Waals surface area contributed by atoms with E-state index in [2.05, 4.69) is 21.3 Å². The van der Waals surface area contributed by atoms with Crippen LogP contribution in [0.4, 0.5) is 17.1 Å². The maximum Gasteiger partial charge on any atom is 0.273 e. The third-order valence-corrected chi connectivity index (χ3v) is 9.23. The number of nitrogens with one attached hydrogen (secondary N) is 1. The van der Waals surface area contributed by atoms with Gasteiger partial charge < -0.3 is 19.5 Å². The molecule has 1 aliphatic rings. The van der Waals surface area contributed by atoms with Crippen molar-refractivity contribution in [3.8, 4) is 11.4 Å². The van der Waals surface area contributed by atoms with Crippen LogP contribution in [0.3, 0.4) is 0 Å². The van der Waals surface area contributed by atoms with Crippen molar-refractivity contribution in [2.75, 3.05) is 12.0 Å². The zero-order chi connectivity index (χ0) is 32.5. The molecule has 46 heavy (non-hydrogen) atoms. The highest BCUT2D eigenvalue weighted by atomic mass is 32.2. The van der Waals surface area contributed by atoms with Crippen LogP contribution in [0.15, 0.2) is 107 Å². The first kappa shape index (κ1) is 30.7. The Labute approximate surface area is 274 Å². The monoisotopic (exact) mass is 652 g/mol. The van der Waals surface area contributed by atoms with Crippen molar-refractivity contribution < 1.29 is 14.6 Å². The lowest BCUT2D eigenvalue weighted by molar-refractivity contribution is -0.385. The first-order chi connectivity index (χ1) is 22.2. The number of methoxy groups -OCH3 is 1. The van der Waals surface area contributed by atoms with Gasteiger partial charge in [0.1, 0.15) is 5.75 Å². The molecule has 0 unspecified atom stereocenters. The molecule has 0 spiro atoms. The minimum absolute atomic E-state index is 0.0506. The average molecular weight is 653 g/mol. The van der Waals surface area contributed by atoms with Crippen molar-refractivity contribution in [2.45, 2.75) is 35.7 Å². The van der Waals surface area contributed by atoms with Gasteiger partial charge in [-0.2, -0.15) is 0 Å². The molecular formula is C33H28N6O5S2. The fourth-order valence-corrected chi connectivity index (χ4v) is 6.98. The fraction of sp³-hybridized carbons (Fsp3) is 0.152. The summed E-state index contributed by atoms with van der Waals surface area (Å²) in [6.45, 7) is 4.00. The van der Waals surface area contributed by atoms with Crippen LogP contribution in [0.1, 0.15) is 34.7 Å². The first-order valence-corrected chi connectivity index (χ1v) is 15.4. The van der Waals surface area contributed by atoms with E-state index in [4.69, 9.17) is 17.0 Å². The van der Waals surface area contributed by atoms with E-state index >= 15 is 0 Å². The molecular weight excluding hydrogens is 625 g/mol. The SMILES string of the molecule is COc1cc([N+](=O)[O-])ccc1-n1c(C)cc([C@@H]2[C@H](c3ccccn3)NC(=S)N2c2ccc(Sc3ccc([N+](=O)[O-])cc3)cc2)c1C. The molecule has 1 fully saturated rings. The van der Waals surface area contributed by atoms with Gasteiger partial charge in [0.15, 0.2) is 5.11 Å². The molecule has 0 saturated carbocycles. The van der Waals surface area contributed by atoms with Gasteiger partial charge in [-0.25, -0.2) is 0 Å². The lowest BCUT2D eigenvalue weighted by Crippen LogP contribution is -2.29. The molecule has 6 rings (SSSR count). The molecule has 232 valence electrons. The Morgan fingerprint density at radius 2 is 1.54 bits per heavy atom. The maximum absolute atomic E-state index is 11.4. The van der Waals surface area contributed by atoms with Gasteiger partial charge in [-0.05, 0) is 92.3 Å². The Morgan fingerprint density at radius 1 is 0.891 bits per heavy atom. The molecule has 3 heterocycles. The van der Waals surface area contributed by atoms with E-state index in [1.807, 2.05) is 60.9 Å². The fourth-order valence-electron chi connectivity index (χ4n) is 5.82. The average Bonchev–Trinajstić information content (AvgIpc) is 3.55. The van der Waals surface area contributed by atoms with Crippen LogP contribution >= 0.6 is 24.0 Å². The number of thiocarbonyl (C=S) groups is 1. The summed E-state index contributed by atoms with van der Waals surface area (Å²) < 4.78 is 7.63. The second-order valence-corrected chi connectivity index (χ2v) is 12.2. The van der Waals surface area contributed by atoms with Gasteiger partial charge in [-0.15, -0.1) is 0 Å². The zero-order valence-corrected chi connectivity index (χ0v) is 26.6. The van der Waals surface area contributed by atoms with Gasteiger partial charge >= 0.3 is 0 Å². The largest absolute Gasteiger partial charge is 0.494 e. The molecule has 0 amide bonds. The molecule has 2 atom stereocenters. The van der Waals surface area contributed by atoms with Crippen molar-refractivity contribution in [3.63, 3.8) is 0 Å². The van der Waals surface area contributed by atoms with Crippen LogP contribution in [0.25, 0.3) is 5.69 Å². The first-order valence-electron chi connectivity index (χ1n) is 14.2. The Bertz CT molecular complexity index is 1950. The number of aromatic nitrogens is 2. The number of anilines is 1. The molecule has 5 aromatic rings. The van der Waals surface area contributed by atoms with E-state index in [0.717, 1.165) is 38.1 Å². The second-order valence-electron chi connectivity index (χ2n) is 10.6. The Kier molecular flexibility index (Phi) is 8.43. The third-order valence-electron chi connectivity index (χ3n) is 7.90. The number of hydrogen-bond donors (Lipinski definition) is 1. The Morgan fingerprint density at radius 3 is 2.15 bits per heavy atom. The minimum Gasteiger partial charge on any atom is -0.494 e. The number of non-ortho nitro benzene ring substituents is 2. The van der Waals surface area contributed by atoms with Crippen LogP contribution in [0.2, 0.25) is 0 Å². The summed E-state index contributed by atoms with van der Waals surface area (Å²) in [6, 6.07) is 26.4. The summed E-state index contributed by atoms with van der Waals surface area (Å²) >= 11 is 7.45. The van der Waals surface area contributed by atoms with Crippen LogP contribution < -0.4 is 15.0 Å². The molecule has 2 aromatic heterocycles. The van der Waals surface area contributed by atoms with Crippen molar-refractivity contribution >= 4 is 46.2 Å². The van der Waals surface area contributed by atoms with Gasteiger partial charge in [-0.3, -0.25) is 25.2 Å². The summed E-state index contributed by atoms with van der Waals surface area (Å²) in [5, 5.41) is 26.5. The van der Waals surface area contributed by atoms with E-state index in [1.165, 1.54) is 43.1 Å². The number of aryl methyl sites for hydroxylation is 1. The second kappa shape index (κ2) is 12.6. The Hall–Kier alpha value is -5.27. The molecule has 0 aliphatic carbocycles. The van der Waals surface area contributed by atoms with Crippen LogP contribution in [-0.2, 0) is 0 Å². The lowest BCUT2D eigenvalue weighted by atomic mass is 9.96. The highest BCUT2D eigenvalue weighted by Gasteiger charge is 2.42. The molecule has 1 saturated heterocycles. The number of nitrogens with zero attached hydrogens (tertiary/aromatic N) is 5. The minimum atomic E-state index is -0.441. The number of hydrogen-bond acceptors (Lipinski definition) is 8. The van der Waals surface area contributed by atoms with Gasteiger partial charge in [0.05, 0.1) is 46.5 Å². The molecule has 1 aliphatic heterocycles. The van der Waals surface area contributed by atoms with Crippen molar-refractivity contribution in [3.05, 3.63) is 140 Å². The van der Waals surface area contributed by atoms with Gasteiger partial charge in [0.2, 0.25) is 0 Å². The van der Waals surface area contributed by atoms with Crippen LogP contribution in [0, 0.1) is 34.1 Å². The standard InChI is InChI=1S/C33H28N6O5S2/c1-20-18-27(21(2)36(20)29-16-11-24(39(42)43)19-30(29)44-3)32-31(28-6-4-5-17-34-28)35-33(45)37(32)22-7-12-25(13-8-22)46-26-14-9-23(10-15-26)38(40)41/h4-19,31-32H,1-3H3,(H,35,45)/t31-,32+/m0/s1.